The highest BCUT2D eigenvalue weighted by Gasteiger charge is 2.26. The lowest BCUT2D eigenvalue weighted by molar-refractivity contribution is -0.180. The summed E-state index contributed by atoms with van der Waals surface area (Å²) in [7, 11) is 0. The van der Waals surface area contributed by atoms with E-state index in [9.17, 15) is 4.79 Å². The number of rotatable bonds is 5. The van der Waals surface area contributed by atoms with Crippen LogP contribution in [-0.4, -0.2) is 6.47 Å². The zero-order valence-electron chi connectivity index (χ0n) is 11.1. The van der Waals surface area contributed by atoms with Crippen molar-refractivity contribution >= 4 is 6.47 Å². The summed E-state index contributed by atoms with van der Waals surface area (Å²) >= 11 is 0. The van der Waals surface area contributed by atoms with Crippen LogP contribution in [-0.2, 0) is 20.7 Å². The van der Waals surface area contributed by atoms with E-state index in [1.807, 2.05) is 42.5 Å². The molecular formula is C17H16O3. The van der Waals surface area contributed by atoms with Crippen molar-refractivity contribution in [2.24, 2.45) is 0 Å². The minimum Gasteiger partial charge on any atom is -0.433 e. The van der Waals surface area contributed by atoms with E-state index in [1.54, 1.807) is 0 Å². The summed E-state index contributed by atoms with van der Waals surface area (Å²) in [6.45, 7) is 0.443. The molecule has 20 heavy (non-hydrogen) atoms. The van der Waals surface area contributed by atoms with Gasteiger partial charge in [-0.3, -0.25) is 4.79 Å². The van der Waals surface area contributed by atoms with Crippen molar-refractivity contribution < 1.29 is 14.3 Å². The van der Waals surface area contributed by atoms with Gasteiger partial charge in [0.05, 0.1) is 6.10 Å². The normalized spacial score (nSPS) is 18.3. The number of hydrogen-bond donors (Lipinski definition) is 0. The molecule has 2 atom stereocenters. The molecule has 2 unspecified atom stereocenters. The van der Waals surface area contributed by atoms with Gasteiger partial charge in [0.15, 0.2) is 0 Å². The van der Waals surface area contributed by atoms with Crippen LogP contribution in [0, 0.1) is 0 Å². The minimum absolute atomic E-state index is 0.0173. The van der Waals surface area contributed by atoms with E-state index >= 15 is 0 Å². The second-order valence-corrected chi connectivity index (χ2v) is 4.84. The van der Waals surface area contributed by atoms with Gasteiger partial charge in [-0.2, -0.15) is 0 Å². The summed E-state index contributed by atoms with van der Waals surface area (Å²) in [5, 5.41) is 0. The van der Waals surface area contributed by atoms with Crippen LogP contribution < -0.4 is 0 Å². The first-order chi connectivity index (χ1) is 9.88. The molecule has 1 aliphatic carbocycles. The molecule has 0 bridgehead atoms. The molecule has 1 aliphatic rings. The van der Waals surface area contributed by atoms with Crippen molar-refractivity contribution in [3.05, 3.63) is 71.3 Å². The Balaban J connectivity index is 1.80. The van der Waals surface area contributed by atoms with Gasteiger partial charge < -0.3 is 9.47 Å². The van der Waals surface area contributed by atoms with E-state index < -0.39 is 6.29 Å². The lowest BCUT2D eigenvalue weighted by Crippen LogP contribution is -2.11. The second-order valence-electron chi connectivity index (χ2n) is 4.84. The predicted octanol–water partition coefficient (Wildman–Crippen LogP) is 3.56. The zero-order valence-corrected chi connectivity index (χ0v) is 11.1. The molecule has 0 aliphatic heterocycles. The smallest absolute Gasteiger partial charge is 0.295 e. The topological polar surface area (TPSA) is 35.5 Å². The van der Waals surface area contributed by atoms with Crippen molar-refractivity contribution in [1.82, 2.24) is 0 Å². The lowest BCUT2D eigenvalue weighted by atomic mass is 10.1. The van der Waals surface area contributed by atoms with Gasteiger partial charge in [0.1, 0.15) is 0 Å². The number of carbonyl (C=O) groups excluding carboxylic acids is 1. The Hall–Kier alpha value is -2.13. The van der Waals surface area contributed by atoms with Crippen molar-refractivity contribution in [2.45, 2.75) is 25.2 Å². The highest BCUT2D eigenvalue weighted by molar-refractivity contribution is 5.38. The van der Waals surface area contributed by atoms with Gasteiger partial charge in [0.25, 0.3) is 6.47 Å². The van der Waals surface area contributed by atoms with Crippen molar-refractivity contribution in [3.63, 3.8) is 0 Å². The van der Waals surface area contributed by atoms with Gasteiger partial charge in [0, 0.05) is 5.56 Å². The van der Waals surface area contributed by atoms with Crippen LogP contribution in [0.5, 0.6) is 0 Å². The summed E-state index contributed by atoms with van der Waals surface area (Å²) < 4.78 is 11.1. The maximum atomic E-state index is 10.7. The maximum absolute atomic E-state index is 10.7. The van der Waals surface area contributed by atoms with Gasteiger partial charge in [-0.15, -0.1) is 0 Å². The van der Waals surface area contributed by atoms with Crippen LogP contribution >= 0.6 is 0 Å². The minimum atomic E-state index is -0.648. The Kier molecular flexibility index (Phi) is 3.79. The third kappa shape index (κ3) is 2.58. The number of carbonyl (C=O) groups is 1. The Morgan fingerprint density at radius 2 is 1.80 bits per heavy atom. The number of hydrogen-bond acceptors (Lipinski definition) is 3. The molecule has 0 aromatic heterocycles. The molecule has 3 heteroatoms. The fraction of sp³-hybridized carbons (Fsp3) is 0.235. The van der Waals surface area contributed by atoms with E-state index in [0.29, 0.717) is 6.47 Å². The van der Waals surface area contributed by atoms with Gasteiger partial charge >= 0.3 is 0 Å². The Morgan fingerprint density at radius 1 is 1.05 bits per heavy atom. The molecule has 2 aromatic rings. The molecule has 0 heterocycles. The molecule has 0 radical (unpaired) electrons. The number of ether oxygens (including phenoxy) is 2. The average molecular weight is 268 g/mol. The summed E-state index contributed by atoms with van der Waals surface area (Å²) in [5.41, 5.74) is 3.36. The third-order valence-electron chi connectivity index (χ3n) is 3.62. The highest BCUT2D eigenvalue weighted by atomic mass is 16.7. The van der Waals surface area contributed by atoms with Crippen LogP contribution in [0.4, 0.5) is 0 Å². The molecule has 0 saturated carbocycles. The first-order valence-electron chi connectivity index (χ1n) is 6.76. The van der Waals surface area contributed by atoms with E-state index in [0.717, 1.165) is 18.4 Å². The Bertz CT molecular complexity index is 580. The average Bonchev–Trinajstić information content (AvgIpc) is 2.91. The number of fused-ring (bicyclic) bond motifs is 1. The van der Waals surface area contributed by atoms with Gasteiger partial charge in [-0.05, 0) is 24.0 Å². The maximum Gasteiger partial charge on any atom is 0.295 e. The summed E-state index contributed by atoms with van der Waals surface area (Å²) in [5.74, 6) is 0. The molecule has 3 nitrogen and oxygen atoms in total. The molecule has 3 rings (SSSR count). The van der Waals surface area contributed by atoms with E-state index in [4.69, 9.17) is 9.47 Å². The first-order valence-corrected chi connectivity index (χ1v) is 6.76. The van der Waals surface area contributed by atoms with Gasteiger partial charge in [-0.25, -0.2) is 0 Å². The van der Waals surface area contributed by atoms with Gasteiger partial charge in [-0.1, -0.05) is 54.6 Å². The first kappa shape index (κ1) is 12.9. The standard InChI is InChI=1S/C17H16O3/c18-12-19-17(14-7-2-1-3-8-14)20-16-11-10-13-6-4-5-9-15(13)16/h1-9,12,16-17H,10-11H2. The van der Waals surface area contributed by atoms with Gasteiger partial charge in [0.2, 0.25) is 6.29 Å². The second kappa shape index (κ2) is 5.88. The van der Waals surface area contributed by atoms with Crippen LogP contribution in [0.15, 0.2) is 54.6 Å². The van der Waals surface area contributed by atoms with Crippen LogP contribution in [0.2, 0.25) is 0 Å². The molecule has 102 valence electrons. The van der Waals surface area contributed by atoms with E-state index in [2.05, 4.69) is 12.1 Å². The quantitative estimate of drug-likeness (QED) is 0.614. The molecule has 0 spiro atoms. The van der Waals surface area contributed by atoms with Crippen LogP contribution in [0.25, 0.3) is 0 Å². The van der Waals surface area contributed by atoms with E-state index in [-0.39, 0.29) is 6.10 Å². The Labute approximate surface area is 118 Å². The SMILES string of the molecule is O=COC(OC1CCc2ccccc21)c1ccccc1. The molecule has 0 saturated heterocycles. The van der Waals surface area contributed by atoms with Crippen LogP contribution in [0.1, 0.15) is 35.5 Å². The zero-order chi connectivity index (χ0) is 13.8. The fourth-order valence-corrected chi connectivity index (χ4v) is 2.66. The number of benzene rings is 2. The van der Waals surface area contributed by atoms with Crippen LogP contribution in [0.3, 0.4) is 0 Å². The summed E-state index contributed by atoms with van der Waals surface area (Å²) in [4.78, 5) is 10.7. The predicted molar refractivity (Wildman–Crippen MR) is 74.9 cm³/mol. The molecular weight excluding hydrogens is 252 g/mol. The molecule has 0 amide bonds. The summed E-state index contributed by atoms with van der Waals surface area (Å²) in [6, 6.07) is 17.8. The molecule has 0 N–H and O–H groups in total. The van der Waals surface area contributed by atoms with E-state index in [1.165, 1.54) is 11.1 Å². The largest absolute Gasteiger partial charge is 0.433 e. The van der Waals surface area contributed by atoms with Crippen molar-refractivity contribution in [2.75, 3.05) is 0 Å². The lowest BCUT2D eigenvalue weighted by Gasteiger charge is -2.21. The molecule has 2 aromatic carbocycles. The third-order valence-corrected chi connectivity index (χ3v) is 3.62. The van der Waals surface area contributed by atoms with Crippen molar-refractivity contribution in [1.29, 1.82) is 0 Å². The Morgan fingerprint density at radius 3 is 2.60 bits per heavy atom. The monoisotopic (exact) mass is 268 g/mol. The number of aryl methyl sites for hydroxylation is 1. The highest BCUT2D eigenvalue weighted by Crippen LogP contribution is 2.37. The fourth-order valence-electron chi connectivity index (χ4n) is 2.66. The molecule has 0 fully saturated rings. The van der Waals surface area contributed by atoms with Crippen molar-refractivity contribution in [3.8, 4) is 0 Å². The summed E-state index contributed by atoms with van der Waals surface area (Å²) in [6.07, 6.45) is 1.26.